The smallest absolute Gasteiger partial charge is 0.227 e. The average Bonchev–Trinajstić information content (AvgIpc) is 2.14. The highest BCUT2D eigenvalue weighted by atomic mass is 16.2. The van der Waals surface area contributed by atoms with Gasteiger partial charge in [-0.05, 0) is 37.5 Å². The predicted octanol–water partition coefficient (Wildman–Crippen LogP) is 2.20. The first-order valence-electron chi connectivity index (χ1n) is 6.99. The summed E-state index contributed by atoms with van der Waals surface area (Å²) in [5, 5.41) is 3.25. The van der Waals surface area contributed by atoms with Crippen LogP contribution in [0.2, 0.25) is 0 Å². The van der Waals surface area contributed by atoms with Crippen LogP contribution < -0.4 is 11.1 Å². The molecule has 0 bridgehead atoms. The lowest BCUT2D eigenvalue weighted by Crippen LogP contribution is -2.53. The topological polar surface area (TPSA) is 55.1 Å². The summed E-state index contributed by atoms with van der Waals surface area (Å²) in [6.45, 7) is 5.11. The van der Waals surface area contributed by atoms with Gasteiger partial charge >= 0.3 is 0 Å². The second kappa shape index (κ2) is 4.60. The first-order chi connectivity index (χ1) is 7.97. The summed E-state index contributed by atoms with van der Waals surface area (Å²) < 4.78 is 0. The Kier molecular flexibility index (Phi) is 3.48. The van der Waals surface area contributed by atoms with Crippen molar-refractivity contribution in [1.82, 2.24) is 5.32 Å². The van der Waals surface area contributed by atoms with E-state index in [2.05, 4.69) is 19.2 Å². The molecular weight excluding hydrogens is 212 g/mol. The Balaban J connectivity index is 1.90. The molecule has 3 heteroatoms. The second-order valence-corrected chi connectivity index (χ2v) is 6.77. The molecule has 0 spiro atoms. The van der Waals surface area contributed by atoms with E-state index in [1.54, 1.807) is 0 Å². The first kappa shape index (κ1) is 12.9. The fourth-order valence-corrected chi connectivity index (χ4v) is 3.29. The standard InChI is InChI=1S/C14H26N2O/c1-13(2)6-3-5-11(9-13)16-12(17)14(10-15)7-4-8-14/h11H,3-10,15H2,1-2H3,(H,16,17). The Hall–Kier alpha value is -0.570. The zero-order valence-electron chi connectivity index (χ0n) is 11.2. The van der Waals surface area contributed by atoms with E-state index < -0.39 is 0 Å². The van der Waals surface area contributed by atoms with Crippen LogP contribution in [-0.4, -0.2) is 18.5 Å². The summed E-state index contributed by atoms with van der Waals surface area (Å²) in [7, 11) is 0. The van der Waals surface area contributed by atoms with Crippen molar-refractivity contribution in [3.05, 3.63) is 0 Å². The third-order valence-corrected chi connectivity index (χ3v) is 4.72. The highest BCUT2D eigenvalue weighted by Crippen LogP contribution is 2.41. The molecule has 1 atom stereocenters. The minimum Gasteiger partial charge on any atom is -0.353 e. The molecule has 2 aliphatic carbocycles. The van der Waals surface area contributed by atoms with Gasteiger partial charge < -0.3 is 11.1 Å². The van der Waals surface area contributed by atoms with Gasteiger partial charge in [-0.3, -0.25) is 4.79 Å². The number of hydrogen-bond donors (Lipinski definition) is 2. The third-order valence-electron chi connectivity index (χ3n) is 4.72. The summed E-state index contributed by atoms with van der Waals surface area (Å²) in [4.78, 5) is 12.3. The van der Waals surface area contributed by atoms with Crippen LogP contribution in [0.1, 0.15) is 58.8 Å². The average molecular weight is 238 g/mol. The molecule has 17 heavy (non-hydrogen) atoms. The largest absolute Gasteiger partial charge is 0.353 e. The number of nitrogens with one attached hydrogen (secondary N) is 1. The van der Waals surface area contributed by atoms with Crippen LogP contribution >= 0.6 is 0 Å². The van der Waals surface area contributed by atoms with Crippen molar-refractivity contribution in [2.45, 2.75) is 64.8 Å². The lowest BCUT2D eigenvalue weighted by Gasteiger charge is -2.42. The van der Waals surface area contributed by atoms with Crippen LogP contribution in [-0.2, 0) is 4.79 Å². The molecule has 1 amide bonds. The number of rotatable bonds is 3. The van der Waals surface area contributed by atoms with Crippen molar-refractivity contribution in [1.29, 1.82) is 0 Å². The second-order valence-electron chi connectivity index (χ2n) is 6.77. The van der Waals surface area contributed by atoms with E-state index in [1.807, 2.05) is 0 Å². The monoisotopic (exact) mass is 238 g/mol. The fraction of sp³-hybridized carbons (Fsp3) is 0.929. The zero-order valence-corrected chi connectivity index (χ0v) is 11.2. The molecule has 0 heterocycles. The molecule has 0 aromatic carbocycles. The van der Waals surface area contributed by atoms with Gasteiger partial charge in [-0.2, -0.15) is 0 Å². The molecule has 1 unspecified atom stereocenters. The van der Waals surface area contributed by atoms with Crippen LogP contribution in [0.25, 0.3) is 0 Å². The summed E-state index contributed by atoms with van der Waals surface area (Å²) in [5.74, 6) is 0.217. The molecule has 3 N–H and O–H groups in total. The quantitative estimate of drug-likeness (QED) is 0.792. The van der Waals surface area contributed by atoms with Gasteiger partial charge in [-0.1, -0.05) is 26.7 Å². The van der Waals surface area contributed by atoms with Crippen molar-refractivity contribution in [2.75, 3.05) is 6.54 Å². The van der Waals surface area contributed by atoms with Gasteiger partial charge in [-0.25, -0.2) is 0 Å². The molecule has 2 aliphatic rings. The molecular formula is C14H26N2O. The normalized spacial score (nSPS) is 30.4. The molecule has 0 aromatic rings. The lowest BCUT2D eigenvalue weighted by atomic mass is 9.67. The van der Waals surface area contributed by atoms with E-state index in [1.165, 1.54) is 12.8 Å². The van der Waals surface area contributed by atoms with E-state index in [9.17, 15) is 4.79 Å². The van der Waals surface area contributed by atoms with Gasteiger partial charge in [0.15, 0.2) is 0 Å². The van der Waals surface area contributed by atoms with Crippen molar-refractivity contribution < 1.29 is 4.79 Å². The van der Waals surface area contributed by atoms with E-state index in [0.717, 1.165) is 32.1 Å². The highest BCUT2D eigenvalue weighted by molar-refractivity contribution is 5.84. The fourth-order valence-electron chi connectivity index (χ4n) is 3.29. The molecule has 3 nitrogen and oxygen atoms in total. The molecule has 2 rings (SSSR count). The SMILES string of the molecule is CC1(C)CCCC(NC(=O)C2(CN)CCC2)C1. The maximum absolute atomic E-state index is 12.3. The van der Waals surface area contributed by atoms with Crippen molar-refractivity contribution in [3.63, 3.8) is 0 Å². The van der Waals surface area contributed by atoms with Crippen LogP contribution in [0.15, 0.2) is 0 Å². The molecule has 0 radical (unpaired) electrons. The highest BCUT2D eigenvalue weighted by Gasteiger charge is 2.43. The van der Waals surface area contributed by atoms with Crippen LogP contribution in [0.3, 0.4) is 0 Å². The van der Waals surface area contributed by atoms with Crippen molar-refractivity contribution in [2.24, 2.45) is 16.6 Å². The Morgan fingerprint density at radius 2 is 2.00 bits per heavy atom. The first-order valence-corrected chi connectivity index (χ1v) is 6.99. The van der Waals surface area contributed by atoms with Crippen LogP contribution in [0.5, 0.6) is 0 Å². The van der Waals surface area contributed by atoms with E-state index in [-0.39, 0.29) is 11.3 Å². The minimum atomic E-state index is -0.221. The Morgan fingerprint density at radius 3 is 2.47 bits per heavy atom. The molecule has 2 fully saturated rings. The van der Waals surface area contributed by atoms with Gasteiger partial charge in [0.1, 0.15) is 0 Å². The number of carbonyl (C=O) groups is 1. The predicted molar refractivity (Wildman–Crippen MR) is 69.5 cm³/mol. The number of carbonyl (C=O) groups excluding carboxylic acids is 1. The van der Waals surface area contributed by atoms with Crippen LogP contribution in [0, 0.1) is 10.8 Å². The Bertz CT molecular complexity index is 289. The van der Waals surface area contributed by atoms with Gasteiger partial charge in [-0.15, -0.1) is 0 Å². The van der Waals surface area contributed by atoms with Gasteiger partial charge in [0, 0.05) is 12.6 Å². The maximum Gasteiger partial charge on any atom is 0.227 e. The molecule has 0 aromatic heterocycles. The number of nitrogens with two attached hydrogens (primary N) is 1. The number of hydrogen-bond acceptors (Lipinski definition) is 2. The van der Waals surface area contributed by atoms with Gasteiger partial charge in [0.2, 0.25) is 5.91 Å². The maximum atomic E-state index is 12.3. The molecule has 2 saturated carbocycles. The summed E-state index contributed by atoms with van der Waals surface area (Å²) in [6, 6.07) is 0.371. The Morgan fingerprint density at radius 1 is 1.29 bits per heavy atom. The molecule has 0 saturated heterocycles. The van der Waals surface area contributed by atoms with E-state index in [4.69, 9.17) is 5.73 Å². The van der Waals surface area contributed by atoms with Gasteiger partial charge in [0.05, 0.1) is 5.41 Å². The number of amides is 1. The van der Waals surface area contributed by atoms with Crippen LogP contribution in [0.4, 0.5) is 0 Å². The van der Waals surface area contributed by atoms with E-state index in [0.29, 0.717) is 18.0 Å². The van der Waals surface area contributed by atoms with Gasteiger partial charge in [0.25, 0.3) is 0 Å². The summed E-state index contributed by atoms with van der Waals surface area (Å²) in [6.07, 6.45) is 7.86. The Labute approximate surface area is 105 Å². The lowest BCUT2D eigenvalue weighted by molar-refractivity contribution is -0.136. The molecule has 98 valence electrons. The summed E-state index contributed by atoms with van der Waals surface area (Å²) in [5.41, 5.74) is 5.93. The third kappa shape index (κ3) is 2.65. The van der Waals surface area contributed by atoms with Crippen molar-refractivity contribution in [3.8, 4) is 0 Å². The van der Waals surface area contributed by atoms with Crippen molar-refractivity contribution >= 4 is 5.91 Å². The molecule has 0 aliphatic heterocycles. The minimum absolute atomic E-state index is 0.217. The zero-order chi connectivity index (χ0) is 12.5. The van der Waals surface area contributed by atoms with E-state index >= 15 is 0 Å². The summed E-state index contributed by atoms with van der Waals surface area (Å²) >= 11 is 0.